The molecule has 0 aliphatic rings. The van der Waals surface area contributed by atoms with Crippen LogP contribution in [0.2, 0.25) is 0 Å². The van der Waals surface area contributed by atoms with E-state index >= 15 is 0 Å². The van der Waals surface area contributed by atoms with E-state index in [1.807, 2.05) is 0 Å². The van der Waals surface area contributed by atoms with Crippen LogP contribution in [0.1, 0.15) is 10.4 Å². The summed E-state index contributed by atoms with van der Waals surface area (Å²) in [4.78, 5) is 15.8. The number of amides is 1. The monoisotopic (exact) mass is 253 g/mol. The van der Waals surface area contributed by atoms with Crippen molar-refractivity contribution in [1.82, 2.24) is 15.6 Å². The van der Waals surface area contributed by atoms with Crippen molar-refractivity contribution in [2.24, 2.45) is 0 Å². The van der Waals surface area contributed by atoms with Crippen molar-refractivity contribution in [2.45, 2.75) is 0 Å². The quantitative estimate of drug-likeness (QED) is 0.641. The van der Waals surface area contributed by atoms with Crippen LogP contribution in [0, 0.1) is 0 Å². The summed E-state index contributed by atoms with van der Waals surface area (Å²) in [5.74, 6) is 0.149. The van der Waals surface area contributed by atoms with Gasteiger partial charge in [-0.3, -0.25) is 4.79 Å². The van der Waals surface area contributed by atoms with E-state index in [4.69, 9.17) is 9.47 Å². The van der Waals surface area contributed by atoms with Gasteiger partial charge in [-0.25, -0.2) is 4.98 Å². The highest BCUT2D eigenvalue weighted by atomic mass is 16.5. The Labute approximate surface area is 107 Å². The number of nitrogens with one attached hydrogen (secondary N) is 2. The number of methoxy groups -OCH3 is 2. The van der Waals surface area contributed by atoms with Gasteiger partial charge in [0.05, 0.1) is 13.7 Å². The molecule has 18 heavy (non-hydrogen) atoms. The molecular formula is C12H19N3O3. The van der Waals surface area contributed by atoms with Gasteiger partial charge in [0.1, 0.15) is 5.56 Å². The number of rotatable bonds is 8. The molecule has 6 nitrogen and oxygen atoms in total. The molecule has 0 aromatic carbocycles. The molecule has 1 heterocycles. The molecule has 0 radical (unpaired) electrons. The molecule has 0 saturated heterocycles. The zero-order valence-electron chi connectivity index (χ0n) is 10.7. The molecule has 100 valence electrons. The highest BCUT2D eigenvalue weighted by Gasteiger charge is 2.11. The van der Waals surface area contributed by atoms with E-state index in [9.17, 15) is 4.79 Å². The molecular weight excluding hydrogens is 234 g/mol. The Morgan fingerprint density at radius 1 is 1.33 bits per heavy atom. The lowest BCUT2D eigenvalue weighted by atomic mass is 10.2. The number of aromatic nitrogens is 1. The Balaban J connectivity index is 2.32. The maximum absolute atomic E-state index is 11.8. The molecule has 0 bridgehead atoms. The van der Waals surface area contributed by atoms with E-state index in [1.165, 1.54) is 7.11 Å². The molecule has 1 aromatic rings. The first kappa shape index (κ1) is 14.4. The average Bonchev–Trinajstić information content (AvgIpc) is 2.42. The molecule has 2 N–H and O–H groups in total. The Kier molecular flexibility index (Phi) is 6.75. The third-order valence-corrected chi connectivity index (χ3v) is 2.28. The topological polar surface area (TPSA) is 72.5 Å². The smallest absolute Gasteiger partial charge is 0.256 e. The first-order chi connectivity index (χ1) is 8.79. The second-order valence-electron chi connectivity index (χ2n) is 3.56. The van der Waals surface area contributed by atoms with Gasteiger partial charge in [0.15, 0.2) is 0 Å². The number of pyridine rings is 1. The Morgan fingerprint density at radius 2 is 2.17 bits per heavy atom. The van der Waals surface area contributed by atoms with Crippen LogP contribution in [0.15, 0.2) is 18.3 Å². The van der Waals surface area contributed by atoms with Gasteiger partial charge in [0.25, 0.3) is 5.91 Å². The largest absolute Gasteiger partial charge is 0.480 e. The van der Waals surface area contributed by atoms with Crippen LogP contribution < -0.4 is 15.4 Å². The highest BCUT2D eigenvalue weighted by molar-refractivity contribution is 5.96. The van der Waals surface area contributed by atoms with Crippen molar-refractivity contribution in [3.05, 3.63) is 23.9 Å². The van der Waals surface area contributed by atoms with Gasteiger partial charge in [-0.05, 0) is 12.1 Å². The summed E-state index contributed by atoms with van der Waals surface area (Å²) in [7, 11) is 3.14. The normalized spacial score (nSPS) is 10.1. The number of hydrogen-bond acceptors (Lipinski definition) is 5. The number of carbonyl (C=O) groups is 1. The number of nitrogens with zero attached hydrogens (tertiary/aromatic N) is 1. The van der Waals surface area contributed by atoms with Crippen molar-refractivity contribution in [3.8, 4) is 5.88 Å². The van der Waals surface area contributed by atoms with Gasteiger partial charge >= 0.3 is 0 Å². The van der Waals surface area contributed by atoms with Crippen molar-refractivity contribution >= 4 is 5.91 Å². The molecule has 0 unspecified atom stereocenters. The maximum Gasteiger partial charge on any atom is 0.256 e. The number of ether oxygens (including phenoxy) is 2. The lowest BCUT2D eigenvalue weighted by Gasteiger charge is -2.08. The van der Waals surface area contributed by atoms with E-state index in [-0.39, 0.29) is 5.91 Å². The Morgan fingerprint density at radius 3 is 2.89 bits per heavy atom. The first-order valence-corrected chi connectivity index (χ1v) is 5.76. The molecule has 1 rings (SSSR count). The third-order valence-electron chi connectivity index (χ3n) is 2.28. The van der Waals surface area contributed by atoms with E-state index in [1.54, 1.807) is 25.4 Å². The maximum atomic E-state index is 11.8. The fourth-order valence-electron chi connectivity index (χ4n) is 1.39. The molecule has 1 amide bonds. The molecule has 1 aromatic heterocycles. The zero-order chi connectivity index (χ0) is 13.2. The van der Waals surface area contributed by atoms with Crippen LogP contribution in [0.25, 0.3) is 0 Å². The second kappa shape index (κ2) is 8.43. The standard InChI is InChI=1S/C12H19N3O3/c1-17-9-8-13-6-7-14-11(16)10-4-3-5-15-12(10)18-2/h3-5,13H,6-9H2,1-2H3,(H,14,16). The number of carbonyl (C=O) groups excluding carboxylic acids is 1. The molecule has 0 fully saturated rings. The Hall–Kier alpha value is -1.66. The fourth-order valence-corrected chi connectivity index (χ4v) is 1.39. The van der Waals surface area contributed by atoms with Crippen molar-refractivity contribution in [3.63, 3.8) is 0 Å². The Bertz CT molecular complexity index is 371. The third kappa shape index (κ3) is 4.68. The summed E-state index contributed by atoms with van der Waals surface area (Å²) in [6, 6.07) is 3.38. The summed E-state index contributed by atoms with van der Waals surface area (Å²) in [5.41, 5.74) is 0.442. The van der Waals surface area contributed by atoms with Gasteiger partial charge in [-0.2, -0.15) is 0 Å². The minimum atomic E-state index is -0.187. The van der Waals surface area contributed by atoms with E-state index in [0.29, 0.717) is 31.1 Å². The number of hydrogen-bond donors (Lipinski definition) is 2. The molecule has 6 heteroatoms. The lowest BCUT2D eigenvalue weighted by Crippen LogP contribution is -2.33. The minimum absolute atomic E-state index is 0.187. The average molecular weight is 253 g/mol. The van der Waals surface area contributed by atoms with Gasteiger partial charge in [0.2, 0.25) is 5.88 Å². The SMILES string of the molecule is COCCNCCNC(=O)c1cccnc1OC. The molecule has 0 aliphatic heterocycles. The van der Waals surface area contributed by atoms with Crippen LogP contribution in [-0.4, -0.2) is 51.4 Å². The van der Waals surface area contributed by atoms with E-state index < -0.39 is 0 Å². The predicted molar refractivity (Wildman–Crippen MR) is 67.9 cm³/mol. The minimum Gasteiger partial charge on any atom is -0.480 e. The first-order valence-electron chi connectivity index (χ1n) is 5.76. The van der Waals surface area contributed by atoms with E-state index in [0.717, 1.165) is 6.54 Å². The van der Waals surface area contributed by atoms with Crippen molar-refractivity contribution < 1.29 is 14.3 Å². The molecule has 0 atom stereocenters. The summed E-state index contributed by atoms with van der Waals surface area (Å²) in [6.07, 6.45) is 1.59. The van der Waals surface area contributed by atoms with Crippen LogP contribution >= 0.6 is 0 Å². The van der Waals surface area contributed by atoms with Crippen molar-refractivity contribution in [1.29, 1.82) is 0 Å². The summed E-state index contributed by atoms with van der Waals surface area (Å²) >= 11 is 0. The summed E-state index contributed by atoms with van der Waals surface area (Å²) in [5, 5.41) is 5.92. The van der Waals surface area contributed by atoms with Crippen LogP contribution in [-0.2, 0) is 4.74 Å². The molecule has 0 spiro atoms. The van der Waals surface area contributed by atoms with Gasteiger partial charge in [-0.15, -0.1) is 0 Å². The van der Waals surface area contributed by atoms with Crippen LogP contribution in [0.4, 0.5) is 0 Å². The van der Waals surface area contributed by atoms with Crippen molar-refractivity contribution in [2.75, 3.05) is 40.5 Å². The summed E-state index contributed by atoms with van der Waals surface area (Å²) in [6.45, 7) is 2.66. The van der Waals surface area contributed by atoms with E-state index in [2.05, 4.69) is 15.6 Å². The molecule has 0 aliphatic carbocycles. The second-order valence-corrected chi connectivity index (χ2v) is 3.56. The fraction of sp³-hybridized carbons (Fsp3) is 0.500. The molecule has 0 saturated carbocycles. The van der Waals surface area contributed by atoms with Gasteiger partial charge < -0.3 is 20.1 Å². The van der Waals surface area contributed by atoms with Gasteiger partial charge in [-0.1, -0.05) is 0 Å². The van der Waals surface area contributed by atoms with Crippen LogP contribution in [0.5, 0.6) is 5.88 Å². The summed E-state index contributed by atoms with van der Waals surface area (Å²) < 4.78 is 9.92. The zero-order valence-corrected chi connectivity index (χ0v) is 10.7. The predicted octanol–water partition coefficient (Wildman–Crippen LogP) is 0.0560. The van der Waals surface area contributed by atoms with Gasteiger partial charge in [0, 0.05) is 32.9 Å². The highest BCUT2D eigenvalue weighted by Crippen LogP contribution is 2.12. The lowest BCUT2D eigenvalue weighted by molar-refractivity contribution is 0.0950. The van der Waals surface area contributed by atoms with Crippen LogP contribution in [0.3, 0.4) is 0 Å².